The number of Topliss-reactive ketones (excluding diaryl/α,β-unsaturated/α-hetero) is 1. The van der Waals surface area contributed by atoms with E-state index in [9.17, 15) is 9.59 Å². The molecule has 6 heteroatoms. The number of hydrogen-bond donors (Lipinski definition) is 2. The third kappa shape index (κ3) is 4.22. The highest BCUT2D eigenvalue weighted by molar-refractivity contribution is 5.96. The molecule has 1 aromatic heterocycles. The van der Waals surface area contributed by atoms with Gasteiger partial charge in [-0.2, -0.15) is 5.10 Å². The predicted molar refractivity (Wildman–Crippen MR) is 94.5 cm³/mol. The highest BCUT2D eigenvalue weighted by Crippen LogP contribution is 2.13. The first-order chi connectivity index (χ1) is 11.4. The lowest BCUT2D eigenvalue weighted by molar-refractivity contribution is 0.101. The molecule has 0 bridgehead atoms. The standard InChI is InChI=1S/C18H24N4O2/c1-5-17-12(2)21-22(13(17)3)10-9-19-18(24)20-16-8-6-7-15(11-16)14(4)23/h6-8,11H,5,9-10H2,1-4H3,(H2,19,20,24). The Morgan fingerprint density at radius 3 is 2.62 bits per heavy atom. The summed E-state index contributed by atoms with van der Waals surface area (Å²) in [6.07, 6.45) is 0.956. The smallest absolute Gasteiger partial charge is 0.319 e. The zero-order chi connectivity index (χ0) is 17.7. The zero-order valence-electron chi connectivity index (χ0n) is 14.6. The van der Waals surface area contributed by atoms with E-state index < -0.39 is 0 Å². The van der Waals surface area contributed by atoms with Gasteiger partial charge in [0.2, 0.25) is 0 Å². The molecule has 0 atom stereocenters. The van der Waals surface area contributed by atoms with Gasteiger partial charge in [0.1, 0.15) is 0 Å². The van der Waals surface area contributed by atoms with Gasteiger partial charge in [0.15, 0.2) is 5.78 Å². The van der Waals surface area contributed by atoms with Crippen LogP contribution in [0.5, 0.6) is 0 Å². The summed E-state index contributed by atoms with van der Waals surface area (Å²) in [5.74, 6) is -0.0321. The van der Waals surface area contributed by atoms with E-state index in [-0.39, 0.29) is 11.8 Å². The molecule has 0 saturated carbocycles. The van der Waals surface area contributed by atoms with Gasteiger partial charge in [0.25, 0.3) is 0 Å². The van der Waals surface area contributed by atoms with Crippen molar-refractivity contribution in [2.45, 2.75) is 40.7 Å². The van der Waals surface area contributed by atoms with Crippen LogP contribution in [0.3, 0.4) is 0 Å². The number of carbonyl (C=O) groups excluding carboxylic acids is 2. The molecule has 2 rings (SSSR count). The van der Waals surface area contributed by atoms with Crippen LogP contribution in [0.25, 0.3) is 0 Å². The number of rotatable bonds is 6. The minimum absolute atomic E-state index is 0.0321. The number of amides is 2. The van der Waals surface area contributed by atoms with Gasteiger partial charge in [-0.3, -0.25) is 9.48 Å². The second kappa shape index (κ2) is 7.77. The Hall–Kier alpha value is -2.63. The molecule has 0 aliphatic rings. The Morgan fingerprint density at radius 2 is 2.00 bits per heavy atom. The summed E-state index contributed by atoms with van der Waals surface area (Å²) in [6, 6.07) is 6.58. The number of nitrogens with zero attached hydrogens (tertiary/aromatic N) is 2. The molecule has 0 radical (unpaired) electrons. The second-order valence-electron chi connectivity index (χ2n) is 5.74. The van der Waals surface area contributed by atoms with E-state index in [0.29, 0.717) is 24.3 Å². The molecule has 2 amide bonds. The average Bonchev–Trinajstić information content (AvgIpc) is 2.81. The molecule has 0 saturated heterocycles. The molecule has 2 aromatic rings. The number of ketones is 1. The Kier molecular flexibility index (Phi) is 5.73. The average molecular weight is 328 g/mol. The van der Waals surface area contributed by atoms with E-state index in [1.54, 1.807) is 24.3 Å². The summed E-state index contributed by atoms with van der Waals surface area (Å²) in [6.45, 7) is 8.76. The Bertz CT molecular complexity index is 749. The zero-order valence-corrected chi connectivity index (χ0v) is 14.6. The van der Waals surface area contributed by atoms with Gasteiger partial charge in [-0.25, -0.2) is 4.79 Å². The Morgan fingerprint density at radius 1 is 1.25 bits per heavy atom. The molecule has 0 aliphatic heterocycles. The number of aryl methyl sites for hydroxylation is 1. The number of anilines is 1. The first kappa shape index (κ1) is 17.7. The van der Waals surface area contributed by atoms with Crippen LogP contribution in [-0.4, -0.2) is 28.1 Å². The maximum atomic E-state index is 12.0. The van der Waals surface area contributed by atoms with E-state index in [4.69, 9.17) is 0 Å². The van der Waals surface area contributed by atoms with Gasteiger partial charge in [-0.15, -0.1) is 0 Å². The van der Waals surface area contributed by atoms with Crippen LogP contribution in [-0.2, 0) is 13.0 Å². The van der Waals surface area contributed by atoms with E-state index in [1.165, 1.54) is 12.5 Å². The number of aromatic nitrogens is 2. The van der Waals surface area contributed by atoms with E-state index in [1.807, 2.05) is 18.5 Å². The van der Waals surface area contributed by atoms with E-state index in [0.717, 1.165) is 17.8 Å². The molecular formula is C18H24N4O2. The van der Waals surface area contributed by atoms with Gasteiger partial charge in [0.05, 0.1) is 12.2 Å². The third-order valence-electron chi connectivity index (χ3n) is 4.02. The van der Waals surface area contributed by atoms with Gasteiger partial charge in [-0.05, 0) is 44.9 Å². The van der Waals surface area contributed by atoms with Crippen molar-refractivity contribution in [3.8, 4) is 0 Å². The lowest BCUT2D eigenvalue weighted by atomic mass is 10.1. The lowest BCUT2D eigenvalue weighted by Gasteiger charge is -2.09. The third-order valence-corrected chi connectivity index (χ3v) is 4.02. The van der Waals surface area contributed by atoms with Crippen molar-refractivity contribution in [3.63, 3.8) is 0 Å². The van der Waals surface area contributed by atoms with Gasteiger partial charge in [0, 0.05) is 23.5 Å². The maximum Gasteiger partial charge on any atom is 0.319 e. The molecule has 1 aromatic carbocycles. The normalized spacial score (nSPS) is 10.5. The van der Waals surface area contributed by atoms with Gasteiger partial charge < -0.3 is 10.6 Å². The second-order valence-corrected chi connectivity index (χ2v) is 5.74. The first-order valence-electron chi connectivity index (χ1n) is 8.11. The van der Waals surface area contributed by atoms with Crippen molar-refractivity contribution in [2.24, 2.45) is 0 Å². The molecule has 0 spiro atoms. The summed E-state index contributed by atoms with van der Waals surface area (Å²) in [4.78, 5) is 23.3. The largest absolute Gasteiger partial charge is 0.336 e. The van der Waals surface area contributed by atoms with Crippen molar-refractivity contribution in [3.05, 3.63) is 46.8 Å². The van der Waals surface area contributed by atoms with Crippen molar-refractivity contribution in [1.82, 2.24) is 15.1 Å². The number of nitrogens with one attached hydrogen (secondary N) is 2. The van der Waals surface area contributed by atoms with Crippen molar-refractivity contribution in [2.75, 3.05) is 11.9 Å². The fraction of sp³-hybridized carbons (Fsp3) is 0.389. The fourth-order valence-corrected chi connectivity index (χ4v) is 2.73. The van der Waals surface area contributed by atoms with Gasteiger partial charge in [-0.1, -0.05) is 19.1 Å². The van der Waals surface area contributed by atoms with E-state index in [2.05, 4.69) is 22.7 Å². The van der Waals surface area contributed by atoms with Crippen molar-refractivity contribution in [1.29, 1.82) is 0 Å². The van der Waals surface area contributed by atoms with Crippen molar-refractivity contribution >= 4 is 17.5 Å². The Balaban J connectivity index is 1.88. The van der Waals surface area contributed by atoms with E-state index >= 15 is 0 Å². The van der Waals surface area contributed by atoms with Crippen LogP contribution in [0.1, 0.15) is 41.2 Å². The summed E-state index contributed by atoms with van der Waals surface area (Å²) < 4.78 is 1.92. The van der Waals surface area contributed by atoms with Crippen molar-refractivity contribution < 1.29 is 9.59 Å². The highest BCUT2D eigenvalue weighted by atomic mass is 16.2. The monoisotopic (exact) mass is 328 g/mol. The first-order valence-corrected chi connectivity index (χ1v) is 8.11. The SMILES string of the molecule is CCc1c(C)nn(CCNC(=O)Nc2cccc(C(C)=O)c2)c1C. The Labute approximate surface area is 142 Å². The number of benzene rings is 1. The van der Waals surface area contributed by atoms with Crippen LogP contribution in [0.15, 0.2) is 24.3 Å². The molecule has 0 aliphatic carbocycles. The quantitative estimate of drug-likeness (QED) is 0.800. The highest BCUT2D eigenvalue weighted by Gasteiger charge is 2.10. The van der Waals surface area contributed by atoms with Crippen LogP contribution >= 0.6 is 0 Å². The number of carbonyl (C=O) groups is 2. The molecule has 24 heavy (non-hydrogen) atoms. The molecule has 6 nitrogen and oxygen atoms in total. The predicted octanol–water partition coefficient (Wildman–Crippen LogP) is 3.09. The number of urea groups is 1. The lowest BCUT2D eigenvalue weighted by Crippen LogP contribution is -2.31. The van der Waals surface area contributed by atoms with Crippen LogP contribution in [0, 0.1) is 13.8 Å². The summed E-state index contributed by atoms with van der Waals surface area (Å²) in [5.41, 5.74) is 4.62. The molecule has 2 N–H and O–H groups in total. The number of hydrogen-bond acceptors (Lipinski definition) is 3. The topological polar surface area (TPSA) is 76.0 Å². The van der Waals surface area contributed by atoms with Crippen LogP contribution < -0.4 is 10.6 Å². The van der Waals surface area contributed by atoms with Crippen LogP contribution in [0.2, 0.25) is 0 Å². The molecule has 0 unspecified atom stereocenters. The molecule has 1 heterocycles. The van der Waals surface area contributed by atoms with Crippen LogP contribution in [0.4, 0.5) is 10.5 Å². The summed E-state index contributed by atoms with van der Waals surface area (Å²) in [5, 5.41) is 10.0. The minimum atomic E-state index is -0.298. The minimum Gasteiger partial charge on any atom is -0.336 e. The summed E-state index contributed by atoms with van der Waals surface area (Å²) in [7, 11) is 0. The fourth-order valence-electron chi connectivity index (χ4n) is 2.73. The molecular weight excluding hydrogens is 304 g/mol. The molecule has 0 fully saturated rings. The molecule has 128 valence electrons. The maximum absolute atomic E-state index is 12.0. The summed E-state index contributed by atoms with van der Waals surface area (Å²) >= 11 is 0. The van der Waals surface area contributed by atoms with Gasteiger partial charge >= 0.3 is 6.03 Å².